The predicted octanol–water partition coefficient (Wildman–Crippen LogP) is 7.54. The molecule has 0 unspecified atom stereocenters. The lowest BCUT2D eigenvalue weighted by Gasteiger charge is -2.15. The maximum atomic E-state index is 15.0. The molecule has 2 heterocycles. The molecule has 1 aromatic carbocycles. The first-order valence-electron chi connectivity index (χ1n) is 12.5. The summed E-state index contributed by atoms with van der Waals surface area (Å²) >= 11 is 11.9. The number of fused-ring (bicyclic) bond motifs is 1. The van der Waals surface area contributed by atoms with Gasteiger partial charge < -0.3 is 19.1 Å². The number of rotatable bonds is 13. The van der Waals surface area contributed by atoms with Gasteiger partial charge in [-0.25, -0.2) is 13.8 Å². The van der Waals surface area contributed by atoms with Crippen molar-refractivity contribution in [3.63, 3.8) is 0 Å². The van der Waals surface area contributed by atoms with Crippen LogP contribution in [0, 0.1) is 17.0 Å². The van der Waals surface area contributed by atoms with Gasteiger partial charge in [-0.1, -0.05) is 43.5 Å². The van der Waals surface area contributed by atoms with Gasteiger partial charge in [0.2, 0.25) is 0 Å². The number of pyridine rings is 1. The number of benzene rings is 1. The molecule has 1 aliphatic carbocycles. The van der Waals surface area contributed by atoms with E-state index in [9.17, 15) is 13.9 Å². The van der Waals surface area contributed by atoms with E-state index < -0.39 is 25.5 Å². The number of aliphatic hydroxyl groups excluding tert-OH is 1. The van der Waals surface area contributed by atoms with Gasteiger partial charge >= 0.3 is 0 Å². The number of hydrogen-bond acceptors (Lipinski definition) is 5. The molecule has 200 valence electrons. The van der Waals surface area contributed by atoms with E-state index in [4.69, 9.17) is 33.3 Å². The highest BCUT2D eigenvalue weighted by atomic mass is 35.5. The molecule has 1 saturated carbocycles. The molecule has 5 nitrogen and oxygen atoms in total. The summed E-state index contributed by atoms with van der Waals surface area (Å²) in [4.78, 5) is 5.09. The molecule has 10 heteroatoms. The molecule has 0 saturated heterocycles. The van der Waals surface area contributed by atoms with Gasteiger partial charge in [-0.05, 0) is 65.8 Å². The molecule has 37 heavy (non-hydrogen) atoms. The lowest BCUT2D eigenvalue weighted by molar-refractivity contribution is 0.0899. The first kappa shape index (κ1) is 28.1. The Labute approximate surface area is 227 Å². The third kappa shape index (κ3) is 7.14. The second kappa shape index (κ2) is 11.5. The van der Waals surface area contributed by atoms with Crippen LogP contribution in [0.1, 0.15) is 31.2 Å². The third-order valence-electron chi connectivity index (χ3n) is 6.80. The number of ether oxygens (including phenoxy) is 2. The quantitative estimate of drug-likeness (QED) is 0.132. The minimum atomic E-state index is -1.21. The van der Waals surface area contributed by atoms with Crippen molar-refractivity contribution < 1.29 is 23.4 Å². The zero-order valence-electron chi connectivity index (χ0n) is 21.5. The van der Waals surface area contributed by atoms with E-state index in [-0.39, 0.29) is 30.9 Å². The first-order valence-corrected chi connectivity index (χ1v) is 17.0. The number of hydrogen-bond donors (Lipinski definition) is 1. The number of aromatic nitrogens is 2. The van der Waals surface area contributed by atoms with Crippen molar-refractivity contribution in [2.75, 3.05) is 13.2 Å². The Morgan fingerprint density at radius 3 is 2.57 bits per heavy atom. The summed E-state index contributed by atoms with van der Waals surface area (Å²) in [7, 11) is -1.21. The SMILES string of the molecule is C[Si](C)(C)CCOCn1cc(Cl)c2c(Oc3c(F)cc(CC(=S)CCC4(CO)CC4)cc3F)ccnc21. The summed E-state index contributed by atoms with van der Waals surface area (Å²) in [6.45, 7) is 7.91. The molecule has 0 radical (unpaired) electrons. The molecule has 2 aromatic heterocycles. The largest absolute Gasteiger partial charge is 0.450 e. The van der Waals surface area contributed by atoms with Crippen LogP contribution in [0.15, 0.2) is 30.6 Å². The van der Waals surface area contributed by atoms with Crippen LogP contribution in [0.4, 0.5) is 8.78 Å². The molecule has 1 fully saturated rings. The average Bonchev–Trinajstić information content (AvgIpc) is 3.54. The minimum Gasteiger partial charge on any atom is -0.450 e. The van der Waals surface area contributed by atoms with Crippen molar-refractivity contribution in [1.29, 1.82) is 0 Å². The van der Waals surface area contributed by atoms with Gasteiger partial charge in [0.15, 0.2) is 17.4 Å². The maximum absolute atomic E-state index is 15.0. The molecular formula is C27H33ClF2N2O3SSi. The Morgan fingerprint density at radius 2 is 1.95 bits per heavy atom. The fraction of sp³-hybridized carbons (Fsp3) is 0.481. The number of nitrogens with zero attached hydrogens (tertiary/aromatic N) is 2. The third-order valence-corrected chi connectivity index (χ3v) is 9.14. The van der Waals surface area contributed by atoms with Crippen LogP contribution in [0.5, 0.6) is 11.5 Å². The number of halogens is 3. The van der Waals surface area contributed by atoms with Gasteiger partial charge in [-0.2, -0.15) is 0 Å². The highest BCUT2D eigenvalue weighted by Gasteiger charge is 2.41. The maximum Gasteiger partial charge on any atom is 0.198 e. The molecule has 0 atom stereocenters. The fourth-order valence-electron chi connectivity index (χ4n) is 4.17. The Hall–Kier alpha value is -1.91. The van der Waals surface area contributed by atoms with Crippen molar-refractivity contribution in [2.24, 2.45) is 5.41 Å². The molecule has 4 rings (SSSR count). The Morgan fingerprint density at radius 1 is 1.24 bits per heavy atom. The van der Waals surface area contributed by atoms with Crippen LogP contribution in [0.25, 0.3) is 11.0 Å². The van der Waals surface area contributed by atoms with Crippen LogP contribution in [0.2, 0.25) is 30.7 Å². The number of aliphatic hydroxyl groups is 1. The second-order valence-corrected chi connectivity index (χ2v) is 17.8. The Balaban J connectivity index is 1.46. The van der Waals surface area contributed by atoms with E-state index in [2.05, 4.69) is 24.6 Å². The van der Waals surface area contributed by atoms with Crippen LogP contribution in [-0.2, 0) is 17.9 Å². The van der Waals surface area contributed by atoms with Gasteiger partial charge in [-0.3, -0.25) is 0 Å². The fourth-order valence-corrected chi connectivity index (χ4v) is 5.49. The highest BCUT2D eigenvalue weighted by Crippen LogP contribution is 2.49. The molecular weight excluding hydrogens is 534 g/mol. The van der Waals surface area contributed by atoms with Crippen molar-refractivity contribution in [1.82, 2.24) is 9.55 Å². The van der Waals surface area contributed by atoms with Gasteiger partial charge in [0.25, 0.3) is 0 Å². The molecule has 1 N–H and O–H groups in total. The van der Waals surface area contributed by atoms with Gasteiger partial charge in [0.1, 0.15) is 18.1 Å². The van der Waals surface area contributed by atoms with E-state index in [1.165, 1.54) is 24.4 Å². The highest BCUT2D eigenvalue weighted by molar-refractivity contribution is 7.80. The van der Waals surface area contributed by atoms with E-state index in [0.29, 0.717) is 39.5 Å². The Bertz CT molecular complexity index is 1270. The standard InChI is InChI=1S/C27H33ClF2N2O3SSi/c1-37(2,3)11-10-34-17-32-15-20(28)24-23(5-9-31-26(24)32)35-25-21(29)13-18(14-22(25)30)12-19(36)4-6-27(16-33)7-8-27/h5,9,13-15,33H,4,6-8,10-12,16-17H2,1-3H3. The summed E-state index contributed by atoms with van der Waals surface area (Å²) in [5.74, 6) is -1.94. The number of thiocarbonyl (C=S) groups is 1. The molecule has 0 spiro atoms. The van der Waals surface area contributed by atoms with E-state index in [1.807, 2.05) is 0 Å². The Kier molecular flexibility index (Phi) is 8.70. The lowest BCUT2D eigenvalue weighted by Crippen LogP contribution is -2.22. The molecule has 0 aliphatic heterocycles. The smallest absolute Gasteiger partial charge is 0.198 e. The van der Waals surface area contributed by atoms with Crippen molar-refractivity contribution >= 4 is 47.8 Å². The van der Waals surface area contributed by atoms with Gasteiger partial charge in [0.05, 0.1) is 10.4 Å². The summed E-state index contributed by atoms with van der Waals surface area (Å²) in [6.07, 6.45) is 6.93. The normalized spacial score (nSPS) is 14.8. The van der Waals surface area contributed by atoms with E-state index in [1.54, 1.807) is 10.8 Å². The monoisotopic (exact) mass is 566 g/mol. The minimum absolute atomic E-state index is 0.00550. The van der Waals surface area contributed by atoms with Crippen molar-refractivity contribution in [3.05, 3.63) is 52.8 Å². The molecule has 0 amide bonds. The van der Waals surface area contributed by atoms with E-state index >= 15 is 0 Å². The van der Waals surface area contributed by atoms with Crippen LogP contribution in [0.3, 0.4) is 0 Å². The molecule has 0 bridgehead atoms. The zero-order chi connectivity index (χ0) is 26.8. The first-order chi connectivity index (χ1) is 17.5. The summed E-state index contributed by atoms with van der Waals surface area (Å²) in [5, 5.41) is 10.3. The van der Waals surface area contributed by atoms with Crippen molar-refractivity contribution in [2.45, 2.75) is 64.5 Å². The average molecular weight is 567 g/mol. The summed E-state index contributed by atoms with van der Waals surface area (Å²) in [6, 6.07) is 5.06. The molecule has 3 aromatic rings. The summed E-state index contributed by atoms with van der Waals surface area (Å²) < 4.78 is 43.3. The van der Waals surface area contributed by atoms with Crippen LogP contribution < -0.4 is 4.74 Å². The zero-order valence-corrected chi connectivity index (χ0v) is 24.0. The van der Waals surface area contributed by atoms with E-state index in [0.717, 1.165) is 25.3 Å². The lowest BCUT2D eigenvalue weighted by atomic mass is 9.97. The van der Waals surface area contributed by atoms with Crippen LogP contribution in [-0.4, -0.2) is 40.8 Å². The second-order valence-electron chi connectivity index (χ2n) is 11.2. The van der Waals surface area contributed by atoms with Gasteiger partial charge in [0, 0.05) is 40.1 Å². The summed E-state index contributed by atoms with van der Waals surface area (Å²) in [5.41, 5.74) is 0.949. The predicted molar refractivity (Wildman–Crippen MR) is 150 cm³/mol. The van der Waals surface area contributed by atoms with Crippen LogP contribution >= 0.6 is 23.8 Å². The topological polar surface area (TPSA) is 56.5 Å². The molecule has 1 aliphatic rings. The van der Waals surface area contributed by atoms with Crippen molar-refractivity contribution in [3.8, 4) is 11.5 Å². The van der Waals surface area contributed by atoms with Gasteiger partial charge in [-0.15, -0.1) is 0 Å².